The molecule has 0 N–H and O–H groups in total. The molecule has 8 nitrogen and oxygen atoms in total. The first-order valence-corrected chi connectivity index (χ1v) is 13.5. The van der Waals surface area contributed by atoms with Crippen LogP contribution in [0.5, 0.6) is 0 Å². The smallest absolute Gasteiger partial charge is 0.307 e. The molecule has 0 saturated carbocycles. The third kappa shape index (κ3) is 4.83. The van der Waals surface area contributed by atoms with Gasteiger partial charge < -0.3 is 18.1 Å². The van der Waals surface area contributed by atoms with E-state index in [1.165, 1.54) is 0 Å². The van der Waals surface area contributed by atoms with Gasteiger partial charge in [0, 0.05) is 11.3 Å². The summed E-state index contributed by atoms with van der Waals surface area (Å²) in [4.78, 5) is 0.503. The Labute approximate surface area is 183 Å². The molecule has 1 aromatic carbocycles. The molecule has 0 aliphatic carbocycles. The zero-order valence-corrected chi connectivity index (χ0v) is 20.7. The molecule has 1 atom stereocenters. The van der Waals surface area contributed by atoms with Crippen molar-refractivity contribution < 1.29 is 27.2 Å². The summed E-state index contributed by atoms with van der Waals surface area (Å²) in [6.45, 7) is 8.93. The summed E-state index contributed by atoms with van der Waals surface area (Å²) in [6, 6.07) is 7.02. The van der Waals surface area contributed by atoms with Gasteiger partial charge in [-0.25, -0.2) is 0 Å². The van der Waals surface area contributed by atoms with Crippen molar-refractivity contribution in [2.75, 3.05) is 26.4 Å². The number of hydrogen-bond acceptors (Lipinski definition) is 9. The zero-order chi connectivity index (χ0) is 22.4. The Morgan fingerprint density at radius 3 is 1.97 bits per heavy atom. The van der Waals surface area contributed by atoms with E-state index >= 15 is 0 Å². The SMILES string of the molecule is CCOP(=O)(OCC)C1(P(=O)(OCC)OCC)CC(C(=S)c2cccc(C)c2)N=N1. The van der Waals surface area contributed by atoms with Crippen molar-refractivity contribution in [1.29, 1.82) is 0 Å². The topological polar surface area (TPSA) is 95.8 Å². The van der Waals surface area contributed by atoms with Crippen LogP contribution in [0.25, 0.3) is 0 Å². The van der Waals surface area contributed by atoms with Crippen molar-refractivity contribution in [2.45, 2.75) is 52.1 Å². The summed E-state index contributed by atoms with van der Waals surface area (Å²) in [5.41, 5.74) is 1.84. The van der Waals surface area contributed by atoms with Crippen LogP contribution in [-0.4, -0.2) is 42.4 Å². The molecule has 0 fully saturated rings. The van der Waals surface area contributed by atoms with Crippen molar-refractivity contribution in [3.05, 3.63) is 35.4 Å². The molecule has 1 heterocycles. The van der Waals surface area contributed by atoms with Gasteiger partial charge >= 0.3 is 15.2 Å². The molecule has 1 aliphatic heterocycles. The summed E-state index contributed by atoms with van der Waals surface area (Å²) in [6.07, 6.45) is -0.0612. The van der Waals surface area contributed by atoms with Crippen LogP contribution in [0, 0.1) is 6.92 Å². The molecular formula is C19H30N2O6P2S. The first-order valence-electron chi connectivity index (χ1n) is 10.0. The summed E-state index contributed by atoms with van der Waals surface area (Å²) < 4.78 is 50.0. The van der Waals surface area contributed by atoms with Gasteiger partial charge in [-0.1, -0.05) is 42.0 Å². The van der Waals surface area contributed by atoms with E-state index in [-0.39, 0.29) is 32.8 Å². The molecule has 0 saturated heterocycles. The summed E-state index contributed by atoms with van der Waals surface area (Å²) in [5, 5.41) is 6.60. The standard InChI is InChI=1S/C19H30N2O6P2S/c1-6-24-28(22,25-7-2)19(29(23,26-8-3)27-9-4)14-17(20-21-19)18(30)16-12-10-11-15(5)13-16/h10-13,17H,6-9,14H2,1-5H3. The summed E-state index contributed by atoms with van der Waals surface area (Å²) >= 11 is 5.65. The van der Waals surface area contributed by atoms with E-state index in [1.54, 1.807) is 27.7 Å². The highest BCUT2D eigenvalue weighted by Gasteiger charge is 2.69. The number of hydrogen-bond donors (Lipinski definition) is 0. The predicted octanol–water partition coefficient (Wildman–Crippen LogP) is 6.12. The van der Waals surface area contributed by atoms with Crippen molar-refractivity contribution in [2.24, 2.45) is 10.2 Å². The highest BCUT2D eigenvalue weighted by Crippen LogP contribution is 2.81. The van der Waals surface area contributed by atoms with E-state index in [9.17, 15) is 9.13 Å². The van der Waals surface area contributed by atoms with E-state index < -0.39 is 26.3 Å². The zero-order valence-electron chi connectivity index (χ0n) is 18.1. The van der Waals surface area contributed by atoms with Crippen LogP contribution in [0.1, 0.15) is 45.2 Å². The van der Waals surface area contributed by atoms with Crippen molar-refractivity contribution >= 4 is 32.3 Å². The third-order valence-corrected chi connectivity index (χ3v) is 11.2. The minimum absolute atomic E-state index is 0.0612. The molecule has 1 aromatic rings. The lowest BCUT2D eigenvalue weighted by molar-refractivity contribution is 0.178. The Kier molecular flexibility index (Phi) is 9.07. The van der Waals surface area contributed by atoms with Gasteiger partial charge in [-0.3, -0.25) is 9.13 Å². The average Bonchev–Trinajstić information content (AvgIpc) is 3.16. The van der Waals surface area contributed by atoms with Gasteiger partial charge in [-0.15, -0.1) is 0 Å². The Balaban J connectivity index is 2.56. The number of rotatable bonds is 12. The molecule has 0 spiro atoms. The first-order chi connectivity index (χ1) is 14.2. The summed E-state index contributed by atoms with van der Waals surface area (Å²) in [5.74, 6) is 0. The van der Waals surface area contributed by atoms with Gasteiger partial charge in [0.2, 0.25) is 0 Å². The Morgan fingerprint density at radius 2 is 1.53 bits per heavy atom. The van der Waals surface area contributed by atoms with Crippen molar-refractivity contribution in [3.63, 3.8) is 0 Å². The molecule has 0 bridgehead atoms. The fraction of sp³-hybridized carbons (Fsp3) is 0.632. The maximum atomic E-state index is 13.9. The molecule has 0 radical (unpaired) electrons. The van der Waals surface area contributed by atoms with Gasteiger partial charge in [0.25, 0.3) is 5.02 Å². The van der Waals surface area contributed by atoms with Gasteiger partial charge in [-0.2, -0.15) is 10.2 Å². The van der Waals surface area contributed by atoms with Crippen LogP contribution in [0.15, 0.2) is 34.5 Å². The van der Waals surface area contributed by atoms with Crippen LogP contribution in [-0.2, 0) is 27.2 Å². The second kappa shape index (κ2) is 10.7. The van der Waals surface area contributed by atoms with E-state index in [4.69, 9.17) is 30.3 Å². The number of aryl methyl sites for hydroxylation is 1. The lowest BCUT2D eigenvalue weighted by Crippen LogP contribution is -2.32. The number of nitrogens with zero attached hydrogens (tertiary/aromatic N) is 2. The maximum absolute atomic E-state index is 13.9. The van der Waals surface area contributed by atoms with Crippen LogP contribution >= 0.6 is 27.4 Å². The molecule has 0 aromatic heterocycles. The normalized spacial score (nSPS) is 18.6. The summed E-state index contributed by atoms with van der Waals surface area (Å²) in [7, 11) is -8.18. The molecule has 168 valence electrons. The second-order valence-electron chi connectivity index (χ2n) is 6.61. The van der Waals surface area contributed by atoms with Crippen LogP contribution in [0.4, 0.5) is 0 Å². The number of azo groups is 1. The minimum atomic E-state index is -4.09. The van der Waals surface area contributed by atoms with E-state index in [0.29, 0.717) is 4.86 Å². The van der Waals surface area contributed by atoms with Gasteiger partial charge in [-0.05, 0) is 40.2 Å². The van der Waals surface area contributed by atoms with Crippen molar-refractivity contribution in [1.82, 2.24) is 0 Å². The third-order valence-electron chi connectivity index (χ3n) is 4.50. The van der Waals surface area contributed by atoms with Gasteiger partial charge in [0.05, 0.1) is 26.4 Å². The minimum Gasteiger partial charge on any atom is -0.307 e. The lowest BCUT2D eigenvalue weighted by Gasteiger charge is -2.36. The van der Waals surface area contributed by atoms with Crippen LogP contribution < -0.4 is 0 Å². The maximum Gasteiger partial charge on any atom is 0.372 e. The van der Waals surface area contributed by atoms with Crippen LogP contribution in [0.3, 0.4) is 0 Å². The highest BCUT2D eigenvalue weighted by molar-refractivity contribution is 7.81. The van der Waals surface area contributed by atoms with E-state index in [1.807, 2.05) is 31.2 Å². The highest BCUT2D eigenvalue weighted by atomic mass is 32.1. The molecule has 30 heavy (non-hydrogen) atoms. The molecule has 1 unspecified atom stereocenters. The van der Waals surface area contributed by atoms with Crippen LogP contribution in [0.2, 0.25) is 0 Å². The first kappa shape index (κ1) is 25.5. The van der Waals surface area contributed by atoms with Crippen molar-refractivity contribution in [3.8, 4) is 0 Å². The Morgan fingerprint density at radius 1 is 1.03 bits per heavy atom. The monoisotopic (exact) mass is 476 g/mol. The predicted molar refractivity (Wildman–Crippen MR) is 121 cm³/mol. The van der Waals surface area contributed by atoms with Gasteiger partial charge in [0.15, 0.2) is 0 Å². The fourth-order valence-corrected chi connectivity index (χ4v) is 8.89. The Bertz CT molecular complexity index is 828. The molecule has 11 heteroatoms. The number of benzene rings is 1. The molecule has 1 aliphatic rings. The largest absolute Gasteiger partial charge is 0.372 e. The molecule has 0 amide bonds. The molecule has 2 rings (SSSR count). The number of thiocarbonyl (C=S) groups is 1. The quantitative estimate of drug-likeness (QED) is 0.204. The van der Waals surface area contributed by atoms with E-state index in [2.05, 4.69) is 10.2 Å². The fourth-order valence-electron chi connectivity index (χ4n) is 3.29. The van der Waals surface area contributed by atoms with Gasteiger partial charge in [0.1, 0.15) is 6.04 Å². The average molecular weight is 476 g/mol. The lowest BCUT2D eigenvalue weighted by atomic mass is 10.0. The second-order valence-corrected chi connectivity index (χ2v) is 11.9. The van der Waals surface area contributed by atoms with E-state index in [0.717, 1.165) is 11.1 Å². The molecular weight excluding hydrogens is 446 g/mol. The Hall–Kier alpha value is -0.790.